The molecule has 2 atom stereocenters. The fraction of sp³-hybridized carbons (Fsp3) is 0.533. The maximum absolute atomic E-state index is 12.2. The van der Waals surface area contributed by atoms with Crippen molar-refractivity contribution in [2.75, 3.05) is 6.54 Å². The van der Waals surface area contributed by atoms with E-state index in [0.717, 1.165) is 36.1 Å². The first-order chi connectivity index (χ1) is 8.54. The number of nitrogens with one attached hydrogen (secondary N) is 2. The number of amides is 1. The summed E-state index contributed by atoms with van der Waals surface area (Å²) in [6.07, 6.45) is 2.18. The first-order valence-electron chi connectivity index (χ1n) is 6.67. The summed E-state index contributed by atoms with van der Waals surface area (Å²) in [7, 11) is 0. The van der Waals surface area contributed by atoms with Crippen LogP contribution in [0, 0.1) is 13.8 Å². The van der Waals surface area contributed by atoms with E-state index < -0.39 is 0 Å². The minimum atomic E-state index is 0.0446. The van der Waals surface area contributed by atoms with E-state index in [2.05, 4.69) is 23.6 Å². The molecule has 3 heteroatoms. The van der Waals surface area contributed by atoms with Gasteiger partial charge in [-0.1, -0.05) is 17.2 Å². The summed E-state index contributed by atoms with van der Waals surface area (Å²) < 4.78 is 0. The number of hydrogen-bond acceptors (Lipinski definition) is 2. The van der Waals surface area contributed by atoms with E-state index in [1.807, 2.05) is 26.0 Å². The van der Waals surface area contributed by atoms with Gasteiger partial charge in [0, 0.05) is 24.2 Å². The molecule has 1 aliphatic heterocycles. The molecule has 18 heavy (non-hydrogen) atoms. The summed E-state index contributed by atoms with van der Waals surface area (Å²) in [5, 5.41) is 6.51. The van der Waals surface area contributed by atoms with Crippen molar-refractivity contribution in [1.29, 1.82) is 0 Å². The predicted octanol–water partition coefficient (Wildman–Crippen LogP) is 2.17. The molecule has 1 saturated heterocycles. The number of piperidine rings is 1. The Morgan fingerprint density at radius 2 is 1.89 bits per heavy atom. The smallest absolute Gasteiger partial charge is 0.251 e. The molecule has 2 rings (SSSR count). The summed E-state index contributed by atoms with van der Waals surface area (Å²) in [4.78, 5) is 12.2. The highest BCUT2D eigenvalue weighted by molar-refractivity contribution is 5.94. The minimum Gasteiger partial charge on any atom is -0.348 e. The molecule has 0 bridgehead atoms. The largest absolute Gasteiger partial charge is 0.348 e. The second-order valence-corrected chi connectivity index (χ2v) is 5.43. The molecule has 2 unspecified atom stereocenters. The maximum Gasteiger partial charge on any atom is 0.251 e. The Labute approximate surface area is 109 Å². The second kappa shape index (κ2) is 5.53. The Kier molecular flexibility index (Phi) is 4.02. The maximum atomic E-state index is 12.2. The molecule has 0 saturated carbocycles. The van der Waals surface area contributed by atoms with Crippen LogP contribution in [-0.4, -0.2) is 24.5 Å². The van der Waals surface area contributed by atoms with Crippen LogP contribution < -0.4 is 10.6 Å². The van der Waals surface area contributed by atoms with Crippen molar-refractivity contribution >= 4 is 5.91 Å². The van der Waals surface area contributed by atoms with Gasteiger partial charge in [-0.25, -0.2) is 0 Å². The average molecular weight is 246 g/mol. The average Bonchev–Trinajstić information content (AvgIpc) is 2.31. The topological polar surface area (TPSA) is 41.1 Å². The van der Waals surface area contributed by atoms with Gasteiger partial charge in [0.05, 0.1) is 0 Å². The summed E-state index contributed by atoms with van der Waals surface area (Å²) in [5.74, 6) is 0.0446. The van der Waals surface area contributed by atoms with Gasteiger partial charge in [0.1, 0.15) is 0 Å². The van der Waals surface area contributed by atoms with Gasteiger partial charge in [0.25, 0.3) is 5.91 Å². The van der Waals surface area contributed by atoms with E-state index in [1.54, 1.807) is 0 Å². The molecule has 1 amide bonds. The molecule has 2 N–H and O–H groups in total. The van der Waals surface area contributed by atoms with E-state index in [4.69, 9.17) is 0 Å². The third-order valence-corrected chi connectivity index (χ3v) is 3.48. The number of benzene rings is 1. The molecular formula is C15H22N2O. The van der Waals surface area contributed by atoms with Crippen LogP contribution in [0.15, 0.2) is 18.2 Å². The van der Waals surface area contributed by atoms with Gasteiger partial charge in [0.2, 0.25) is 0 Å². The van der Waals surface area contributed by atoms with Crippen LogP contribution in [0.2, 0.25) is 0 Å². The van der Waals surface area contributed by atoms with Crippen molar-refractivity contribution in [3.8, 4) is 0 Å². The summed E-state index contributed by atoms with van der Waals surface area (Å²) in [5.41, 5.74) is 3.04. The zero-order valence-corrected chi connectivity index (χ0v) is 11.4. The Morgan fingerprint density at radius 3 is 2.44 bits per heavy atom. The van der Waals surface area contributed by atoms with E-state index in [1.165, 1.54) is 0 Å². The number of hydrogen-bond donors (Lipinski definition) is 2. The summed E-state index contributed by atoms with van der Waals surface area (Å²) in [6.45, 7) is 7.10. The van der Waals surface area contributed by atoms with Crippen LogP contribution in [0.4, 0.5) is 0 Å². The summed E-state index contributed by atoms with van der Waals surface area (Å²) >= 11 is 0. The monoisotopic (exact) mass is 246 g/mol. The lowest BCUT2D eigenvalue weighted by atomic mass is 10.0. The third kappa shape index (κ3) is 3.33. The first-order valence-corrected chi connectivity index (χ1v) is 6.67. The van der Waals surface area contributed by atoms with E-state index >= 15 is 0 Å². The normalized spacial score (nSPS) is 23.7. The van der Waals surface area contributed by atoms with Gasteiger partial charge in [-0.15, -0.1) is 0 Å². The molecule has 0 aliphatic carbocycles. The van der Waals surface area contributed by atoms with Crippen molar-refractivity contribution in [2.45, 2.75) is 45.7 Å². The molecule has 3 nitrogen and oxygen atoms in total. The Bertz CT molecular complexity index is 414. The fourth-order valence-electron chi connectivity index (χ4n) is 2.50. The van der Waals surface area contributed by atoms with E-state index in [9.17, 15) is 4.79 Å². The van der Waals surface area contributed by atoms with Crippen LogP contribution in [0.25, 0.3) is 0 Å². The molecule has 1 aromatic rings. The van der Waals surface area contributed by atoms with Crippen LogP contribution in [-0.2, 0) is 0 Å². The third-order valence-electron chi connectivity index (χ3n) is 3.48. The molecule has 1 aromatic carbocycles. The number of carbonyl (C=O) groups is 1. The molecule has 0 aromatic heterocycles. The molecule has 1 aliphatic rings. The highest BCUT2D eigenvalue weighted by Gasteiger charge is 2.19. The predicted molar refractivity (Wildman–Crippen MR) is 73.9 cm³/mol. The molecule has 0 spiro atoms. The highest BCUT2D eigenvalue weighted by atomic mass is 16.1. The lowest BCUT2D eigenvalue weighted by Gasteiger charge is -2.28. The quantitative estimate of drug-likeness (QED) is 0.839. The van der Waals surface area contributed by atoms with Crippen molar-refractivity contribution in [3.63, 3.8) is 0 Å². The number of aryl methyl sites for hydroxylation is 2. The minimum absolute atomic E-state index is 0.0446. The Balaban J connectivity index is 1.99. The van der Waals surface area contributed by atoms with E-state index in [-0.39, 0.29) is 11.9 Å². The molecule has 98 valence electrons. The number of carbonyl (C=O) groups excluding carboxylic acids is 1. The zero-order chi connectivity index (χ0) is 13.1. The van der Waals surface area contributed by atoms with Crippen molar-refractivity contribution < 1.29 is 4.79 Å². The molecular weight excluding hydrogens is 224 g/mol. The molecule has 0 radical (unpaired) electrons. The Hall–Kier alpha value is -1.35. The zero-order valence-electron chi connectivity index (χ0n) is 11.4. The second-order valence-electron chi connectivity index (χ2n) is 5.43. The fourth-order valence-corrected chi connectivity index (χ4v) is 2.50. The van der Waals surface area contributed by atoms with Gasteiger partial charge in [-0.3, -0.25) is 4.79 Å². The van der Waals surface area contributed by atoms with Crippen molar-refractivity contribution in [2.24, 2.45) is 0 Å². The highest BCUT2D eigenvalue weighted by Crippen LogP contribution is 2.11. The van der Waals surface area contributed by atoms with Crippen LogP contribution in [0.3, 0.4) is 0 Å². The van der Waals surface area contributed by atoms with Gasteiger partial charge in [-0.2, -0.15) is 0 Å². The standard InChI is InChI=1S/C15H22N2O/c1-10-6-11(2)8-13(7-10)15(18)17-14-5-4-12(3)16-9-14/h6-8,12,14,16H,4-5,9H2,1-3H3,(H,17,18). The first kappa shape index (κ1) is 13.1. The molecule has 1 fully saturated rings. The van der Waals surface area contributed by atoms with E-state index in [0.29, 0.717) is 6.04 Å². The number of rotatable bonds is 2. The van der Waals surface area contributed by atoms with Gasteiger partial charge in [0.15, 0.2) is 0 Å². The van der Waals surface area contributed by atoms with Gasteiger partial charge < -0.3 is 10.6 Å². The van der Waals surface area contributed by atoms with Crippen LogP contribution in [0.1, 0.15) is 41.3 Å². The van der Waals surface area contributed by atoms with Crippen molar-refractivity contribution in [3.05, 3.63) is 34.9 Å². The Morgan fingerprint density at radius 1 is 1.22 bits per heavy atom. The van der Waals surface area contributed by atoms with Crippen LogP contribution >= 0.6 is 0 Å². The lowest BCUT2D eigenvalue weighted by Crippen LogP contribution is -2.48. The van der Waals surface area contributed by atoms with Gasteiger partial charge >= 0.3 is 0 Å². The van der Waals surface area contributed by atoms with Gasteiger partial charge in [-0.05, 0) is 45.7 Å². The SMILES string of the molecule is Cc1cc(C)cc(C(=O)NC2CCC(C)NC2)c1. The molecule has 1 heterocycles. The lowest BCUT2D eigenvalue weighted by molar-refractivity contribution is 0.0927. The van der Waals surface area contributed by atoms with Crippen LogP contribution in [0.5, 0.6) is 0 Å². The van der Waals surface area contributed by atoms with Crippen molar-refractivity contribution in [1.82, 2.24) is 10.6 Å². The summed E-state index contributed by atoms with van der Waals surface area (Å²) in [6, 6.07) is 6.80.